The van der Waals surface area contributed by atoms with E-state index in [1.165, 1.54) is 11.3 Å². The highest BCUT2D eigenvalue weighted by Gasteiger charge is 2.18. The molecule has 4 rings (SSSR count). The van der Waals surface area contributed by atoms with Crippen molar-refractivity contribution in [3.05, 3.63) is 40.1 Å². The second-order valence-corrected chi connectivity index (χ2v) is 8.34. The van der Waals surface area contributed by atoms with Crippen molar-refractivity contribution in [1.82, 2.24) is 10.3 Å². The number of nitrogens with one attached hydrogen (secondary N) is 2. The smallest absolute Gasteiger partial charge is 0.345 e. The quantitative estimate of drug-likeness (QED) is 0.541. The van der Waals surface area contributed by atoms with Crippen LogP contribution in [0.15, 0.2) is 38.9 Å². The van der Waals surface area contributed by atoms with Crippen molar-refractivity contribution in [1.29, 1.82) is 0 Å². The van der Waals surface area contributed by atoms with Gasteiger partial charge in [-0.25, -0.2) is 9.78 Å². The Labute approximate surface area is 182 Å². The molecular formula is C22H23N3O5S. The van der Waals surface area contributed by atoms with E-state index in [2.05, 4.69) is 15.6 Å². The molecule has 1 aliphatic carbocycles. The Morgan fingerprint density at radius 2 is 1.97 bits per heavy atom. The number of fused-ring (bicyclic) bond motifs is 1. The number of anilines is 1. The topological polar surface area (TPSA) is 111 Å². The molecule has 0 saturated heterocycles. The Morgan fingerprint density at radius 3 is 2.74 bits per heavy atom. The van der Waals surface area contributed by atoms with E-state index in [0.29, 0.717) is 27.7 Å². The van der Waals surface area contributed by atoms with Crippen molar-refractivity contribution in [2.45, 2.75) is 44.6 Å². The lowest BCUT2D eigenvalue weighted by atomic mass is 10.1. The number of thiazole rings is 1. The molecule has 0 aliphatic heterocycles. The SMILES string of the molecule is COc1ccc2cc(-c3csc(NC(=O)CCC(=O)NC4CCCC4)n3)c(=O)oc2c1. The molecule has 0 bridgehead atoms. The first-order chi connectivity index (χ1) is 15.0. The first kappa shape index (κ1) is 21.0. The number of benzene rings is 1. The normalized spacial score (nSPS) is 14.0. The predicted octanol–water partition coefficient (Wildman–Crippen LogP) is 3.70. The maximum Gasteiger partial charge on any atom is 0.345 e. The first-order valence-electron chi connectivity index (χ1n) is 10.2. The van der Waals surface area contributed by atoms with Crippen LogP contribution in [-0.2, 0) is 9.59 Å². The van der Waals surface area contributed by atoms with Gasteiger partial charge < -0.3 is 19.8 Å². The Hall–Kier alpha value is -3.20. The molecule has 2 N–H and O–H groups in total. The van der Waals surface area contributed by atoms with Crippen LogP contribution in [0.1, 0.15) is 38.5 Å². The van der Waals surface area contributed by atoms with E-state index in [9.17, 15) is 14.4 Å². The van der Waals surface area contributed by atoms with Crippen LogP contribution >= 0.6 is 11.3 Å². The lowest BCUT2D eigenvalue weighted by Gasteiger charge is -2.11. The fraction of sp³-hybridized carbons (Fsp3) is 0.364. The molecule has 1 aliphatic rings. The molecule has 162 valence electrons. The van der Waals surface area contributed by atoms with Crippen molar-refractivity contribution < 1.29 is 18.7 Å². The Kier molecular flexibility index (Phi) is 6.31. The summed E-state index contributed by atoms with van der Waals surface area (Å²) >= 11 is 1.21. The fourth-order valence-electron chi connectivity index (χ4n) is 3.63. The van der Waals surface area contributed by atoms with Crippen LogP contribution in [0.3, 0.4) is 0 Å². The van der Waals surface area contributed by atoms with Crippen molar-refractivity contribution in [2.75, 3.05) is 12.4 Å². The monoisotopic (exact) mass is 441 g/mol. The van der Waals surface area contributed by atoms with E-state index < -0.39 is 5.63 Å². The van der Waals surface area contributed by atoms with Crippen LogP contribution in [-0.4, -0.2) is 29.9 Å². The average Bonchev–Trinajstić information content (AvgIpc) is 3.43. The maximum atomic E-state index is 12.4. The molecule has 1 aromatic carbocycles. The van der Waals surface area contributed by atoms with E-state index in [4.69, 9.17) is 9.15 Å². The Morgan fingerprint density at radius 1 is 1.19 bits per heavy atom. The van der Waals surface area contributed by atoms with Gasteiger partial charge in [0.25, 0.3) is 0 Å². The first-order valence-corrected chi connectivity index (χ1v) is 11.1. The molecule has 9 heteroatoms. The van der Waals surface area contributed by atoms with E-state index in [-0.39, 0.29) is 30.7 Å². The second kappa shape index (κ2) is 9.30. The molecular weight excluding hydrogens is 418 g/mol. The lowest BCUT2D eigenvalue weighted by Crippen LogP contribution is -2.33. The summed E-state index contributed by atoms with van der Waals surface area (Å²) in [4.78, 5) is 40.9. The zero-order chi connectivity index (χ0) is 21.8. The molecule has 3 aromatic rings. The van der Waals surface area contributed by atoms with Crippen LogP contribution in [0.4, 0.5) is 5.13 Å². The lowest BCUT2D eigenvalue weighted by molar-refractivity contribution is -0.124. The predicted molar refractivity (Wildman–Crippen MR) is 118 cm³/mol. The average molecular weight is 442 g/mol. The minimum absolute atomic E-state index is 0.0768. The summed E-state index contributed by atoms with van der Waals surface area (Å²) in [6, 6.07) is 7.17. The zero-order valence-electron chi connectivity index (χ0n) is 17.1. The summed E-state index contributed by atoms with van der Waals surface area (Å²) in [5, 5.41) is 8.45. The highest BCUT2D eigenvalue weighted by Crippen LogP contribution is 2.27. The third kappa shape index (κ3) is 5.11. The number of nitrogens with zero attached hydrogens (tertiary/aromatic N) is 1. The van der Waals surface area contributed by atoms with Crippen LogP contribution in [0.25, 0.3) is 22.2 Å². The highest BCUT2D eigenvalue weighted by molar-refractivity contribution is 7.14. The van der Waals surface area contributed by atoms with Gasteiger partial charge >= 0.3 is 5.63 Å². The highest BCUT2D eigenvalue weighted by atomic mass is 32.1. The molecule has 0 radical (unpaired) electrons. The van der Waals surface area contributed by atoms with Crippen molar-refractivity contribution in [3.63, 3.8) is 0 Å². The molecule has 31 heavy (non-hydrogen) atoms. The van der Waals surface area contributed by atoms with Crippen molar-refractivity contribution in [2.24, 2.45) is 0 Å². The second-order valence-electron chi connectivity index (χ2n) is 7.49. The Balaban J connectivity index is 1.38. The molecule has 2 heterocycles. The van der Waals surface area contributed by atoms with E-state index in [0.717, 1.165) is 31.1 Å². The molecule has 2 aromatic heterocycles. The van der Waals surface area contributed by atoms with E-state index in [1.807, 2.05) is 0 Å². The van der Waals surface area contributed by atoms with Crippen LogP contribution in [0, 0.1) is 0 Å². The number of aromatic nitrogens is 1. The molecule has 8 nitrogen and oxygen atoms in total. The summed E-state index contributed by atoms with van der Waals surface area (Å²) in [5.74, 6) is 0.200. The number of amides is 2. The number of rotatable bonds is 7. The standard InChI is InChI=1S/C22H23N3O5S/c1-29-15-7-6-13-10-16(21(28)30-18(13)11-15)17-12-31-22(24-17)25-20(27)9-8-19(26)23-14-4-2-3-5-14/h6-7,10-12,14H,2-5,8-9H2,1H3,(H,23,26)(H,24,25,27). The number of methoxy groups -OCH3 is 1. The molecule has 0 atom stereocenters. The number of carbonyl (C=O) groups excluding carboxylic acids is 2. The number of hydrogen-bond acceptors (Lipinski definition) is 7. The van der Waals surface area contributed by atoms with Gasteiger partial charge in [-0.05, 0) is 31.0 Å². The third-order valence-corrected chi connectivity index (χ3v) is 6.03. The number of ether oxygens (including phenoxy) is 1. The van der Waals surface area contributed by atoms with Crippen molar-refractivity contribution >= 4 is 39.3 Å². The summed E-state index contributed by atoms with van der Waals surface area (Å²) in [7, 11) is 1.54. The molecule has 0 spiro atoms. The van der Waals surface area contributed by atoms with Crippen LogP contribution in [0.5, 0.6) is 5.75 Å². The minimum Gasteiger partial charge on any atom is -0.497 e. The molecule has 1 fully saturated rings. The summed E-state index contributed by atoms with van der Waals surface area (Å²) in [6.45, 7) is 0. The van der Waals surface area contributed by atoms with Gasteiger partial charge in [-0.3, -0.25) is 9.59 Å². The fourth-order valence-corrected chi connectivity index (χ4v) is 4.36. The van der Waals surface area contributed by atoms with Gasteiger partial charge in [0, 0.05) is 35.7 Å². The van der Waals surface area contributed by atoms with Crippen molar-refractivity contribution in [3.8, 4) is 17.0 Å². The maximum absolute atomic E-state index is 12.4. The molecule has 1 saturated carbocycles. The zero-order valence-corrected chi connectivity index (χ0v) is 17.9. The van der Waals surface area contributed by atoms with E-state index in [1.54, 1.807) is 36.8 Å². The number of carbonyl (C=O) groups is 2. The summed E-state index contributed by atoms with van der Waals surface area (Å²) < 4.78 is 10.5. The number of hydrogen-bond donors (Lipinski definition) is 2. The Bertz CT molecular complexity index is 1160. The third-order valence-electron chi connectivity index (χ3n) is 5.27. The van der Waals surface area contributed by atoms with Gasteiger partial charge in [0.2, 0.25) is 11.8 Å². The van der Waals surface area contributed by atoms with Gasteiger partial charge in [0.1, 0.15) is 11.3 Å². The molecule has 0 unspecified atom stereocenters. The summed E-state index contributed by atoms with van der Waals surface area (Å²) in [5.41, 5.74) is 0.636. The minimum atomic E-state index is -0.521. The van der Waals surface area contributed by atoms with E-state index >= 15 is 0 Å². The van der Waals surface area contributed by atoms with Crippen LogP contribution in [0.2, 0.25) is 0 Å². The van der Waals surface area contributed by atoms with Gasteiger partial charge in [-0.15, -0.1) is 11.3 Å². The largest absolute Gasteiger partial charge is 0.497 e. The molecule has 2 amide bonds. The van der Waals surface area contributed by atoms with Gasteiger partial charge in [0.05, 0.1) is 18.4 Å². The van der Waals surface area contributed by atoms with Gasteiger partial charge in [0.15, 0.2) is 5.13 Å². The van der Waals surface area contributed by atoms with Gasteiger partial charge in [-0.1, -0.05) is 12.8 Å². The van der Waals surface area contributed by atoms with Crippen LogP contribution < -0.4 is 21.0 Å². The van der Waals surface area contributed by atoms with Gasteiger partial charge in [-0.2, -0.15) is 0 Å². The summed E-state index contributed by atoms with van der Waals surface area (Å²) in [6.07, 6.45) is 4.51.